The van der Waals surface area contributed by atoms with E-state index in [0.29, 0.717) is 6.54 Å². The minimum absolute atomic E-state index is 0.135. The molecular formula is C12H16ClNO2. The van der Waals surface area contributed by atoms with Crippen molar-refractivity contribution < 1.29 is 9.53 Å². The third-order valence-corrected chi connectivity index (χ3v) is 2.41. The summed E-state index contributed by atoms with van der Waals surface area (Å²) in [6, 6.07) is 7.78. The molecule has 0 aliphatic heterocycles. The second-order valence-electron chi connectivity index (χ2n) is 3.51. The Bertz CT molecular complexity index is 353. The fourth-order valence-corrected chi connectivity index (χ4v) is 1.38. The predicted octanol–water partition coefficient (Wildman–Crippen LogP) is 1.98. The smallest absolute Gasteiger partial charge is 0.237 e. The quantitative estimate of drug-likeness (QED) is 0.801. The van der Waals surface area contributed by atoms with Gasteiger partial charge in [0, 0.05) is 6.54 Å². The number of rotatable bonds is 5. The molecule has 0 aliphatic rings. The molecule has 1 N–H and O–H groups in total. The Morgan fingerprint density at radius 2 is 2.31 bits per heavy atom. The Morgan fingerprint density at radius 1 is 1.56 bits per heavy atom. The van der Waals surface area contributed by atoms with Crippen LogP contribution in [0.3, 0.4) is 0 Å². The first-order valence-electron chi connectivity index (χ1n) is 5.18. The molecule has 0 heterocycles. The van der Waals surface area contributed by atoms with Gasteiger partial charge in [-0.1, -0.05) is 12.1 Å². The first kappa shape index (κ1) is 12.8. The Hall–Kier alpha value is -1.22. The van der Waals surface area contributed by atoms with Gasteiger partial charge in [0.15, 0.2) is 0 Å². The summed E-state index contributed by atoms with van der Waals surface area (Å²) in [7, 11) is 1.63. The first-order chi connectivity index (χ1) is 7.63. The van der Waals surface area contributed by atoms with E-state index < -0.39 is 5.38 Å². The SMILES string of the molecule is COc1cccc(CCNC(=O)C(C)Cl)c1. The van der Waals surface area contributed by atoms with Gasteiger partial charge >= 0.3 is 0 Å². The van der Waals surface area contributed by atoms with Crippen LogP contribution in [0.1, 0.15) is 12.5 Å². The average Bonchev–Trinajstić information content (AvgIpc) is 2.29. The van der Waals surface area contributed by atoms with Crippen LogP contribution in [0.4, 0.5) is 0 Å². The third kappa shape index (κ3) is 4.11. The number of carbonyl (C=O) groups is 1. The van der Waals surface area contributed by atoms with Gasteiger partial charge in [-0.3, -0.25) is 4.79 Å². The summed E-state index contributed by atoms with van der Waals surface area (Å²) in [5.41, 5.74) is 1.13. The number of nitrogens with one attached hydrogen (secondary N) is 1. The minimum Gasteiger partial charge on any atom is -0.497 e. The van der Waals surface area contributed by atoms with Crippen molar-refractivity contribution in [2.75, 3.05) is 13.7 Å². The van der Waals surface area contributed by atoms with Crippen LogP contribution in [0.5, 0.6) is 5.75 Å². The Morgan fingerprint density at radius 3 is 2.94 bits per heavy atom. The topological polar surface area (TPSA) is 38.3 Å². The Balaban J connectivity index is 2.40. The van der Waals surface area contributed by atoms with Crippen LogP contribution in [0, 0.1) is 0 Å². The number of ether oxygens (including phenoxy) is 1. The minimum atomic E-state index is -0.481. The van der Waals surface area contributed by atoms with E-state index in [4.69, 9.17) is 16.3 Å². The standard InChI is InChI=1S/C12H16ClNO2/c1-9(13)12(15)14-7-6-10-4-3-5-11(8-10)16-2/h3-5,8-9H,6-7H2,1-2H3,(H,14,15). The summed E-state index contributed by atoms with van der Waals surface area (Å²) in [4.78, 5) is 11.2. The molecule has 0 fully saturated rings. The molecule has 1 amide bonds. The molecule has 0 spiro atoms. The summed E-state index contributed by atoms with van der Waals surface area (Å²) in [6.07, 6.45) is 0.770. The van der Waals surface area contributed by atoms with Crippen molar-refractivity contribution in [2.45, 2.75) is 18.7 Å². The lowest BCUT2D eigenvalue weighted by Gasteiger charge is -2.07. The lowest BCUT2D eigenvalue weighted by atomic mass is 10.1. The molecule has 4 heteroatoms. The van der Waals surface area contributed by atoms with E-state index in [1.807, 2.05) is 24.3 Å². The lowest BCUT2D eigenvalue weighted by molar-refractivity contribution is -0.120. The van der Waals surface area contributed by atoms with E-state index in [1.54, 1.807) is 14.0 Å². The van der Waals surface area contributed by atoms with E-state index in [9.17, 15) is 4.79 Å². The fraction of sp³-hybridized carbons (Fsp3) is 0.417. The van der Waals surface area contributed by atoms with Crippen molar-refractivity contribution in [2.24, 2.45) is 0 Å². The highest BCUT2D eigenvalue weighted by Gasteiger charge is 2.07. The average molecular weight is 242 g/mol. The zero-order valence-electron chi connectivity index (χ0n) is 9.50. The van der Waals surface area contributed by atoms with Crippen molar-refractivity contribution in [3.63, 3.8) is 0 Å². The molecule has 1 aromatic rings. The van der Waals surface area contributed by atoms with Gasteiger partial charge in [0.05, 0.1) is 7.11 Å². The maximum atomic E-state index is 11.2. The monoisotopic (exact) mass is 241 g/mol. The molecule has 1 atom stereocenters. The molecule has 3 nitrogen and oxygen atoms in total. The molecular weight excluding hydrogens is 226 g/mol. The normalized spacial score (nSPS) is 11.9. The molecule has 0 saturated heterocycles. The molecule has 1 aromatic carbocycles. The number of alkyl halides is 1. The highest BCUT2D eigenvalue weighted by molar-refractivity contribution is 6.30. The van der Waals surface area contributed by atoms with Crippen LogP contribution in [0.15, 0.2) is 24.3 Å². The zero-order valence-corrected chi connectivity index (χ0v) is 10.3. The number of methoxy groups -OCH3 is 1. The fourth-order valence-electron chi connectivity index (χ4n) is 1.30. The Labute approximate surface area is 101 Å². The van der Waals surface area contributed by atoms with Crippen LogP contribution in [-0.4, -0.2) is 24.9 Å². The van der Waals surface area contributed by atoms with Gasteiger partial charge in [-0.2, -0.15) is 0 Å². The summed E-state index contributed by atoms with van der Waals surface area (Å²) in [5, 5.41) is 2.28. The largest absolute Gasteiger partial charge is 0.497 e. The van der Waals surface area contributed by atoms with Crippen molar-refractivity contribution in [3.05, 3.63) is 29.8 Å². The van der Waals surface area contributed by atoms with Gasteiger partial charge < -0.3 is 10.1 Å². The number of hydrogen-bond donors (Lipinski definition) is 1. The van der Waals surface area contributed by atoms with Crippen molar-refractivity contribution in [1.29, 1.82) is 0 Å². The van der Waals surface area contributed by atoms with Crippen LogP contribution in [0.2, 0.25) is 0 Å². The molecule has 1 rings (SSSR count). The number of hydrogen-bond acceptors (Lipinski definition) is 2. The summed E-state index contributed by atoms with van der Waals surface area (Å²) in [5.74, 6) is 0.694. The summed E-state index contributed by atoms with van der Waals surface area (Å²) < 4.78 is 5.11. The van der Waals surface area contributed by atoms with E-state index >= 15 is 0 Å². The summed E-state index contributed by atoms with van der Waals surface area (Å²) in [6.45, 7) is 2.24. The molecule has 0 radical (unpaired) electrons. The van der Waals surface area contributed by atoms with Crippen molar-refractivity contribution in [1.82, 2.24) is 5.32 Å². The van der Waals surface area contributed by atoms with Crippen LogP contribution >= 0.6 is 11.6 Å². The van der Waals surface area contributed by atoms with Crippen LogP contribution in [-0.2, 0) is 11.2 Å². The predicted molar refractivity (Wildman–Crippen MR) is 65.0 cm³/mol. The number of amides is 1. The van der Waals surface area contributed by atoms with E-state index in [0.717, 1.165) is 17.7 Å². The van der Waals surface area contributed by atoms with Gasteiger partial charge in [-0.25, -0.2) is 0 Å². The third-order valence-electron chi connectivity index (χ3n) is 2.21. The van der Waals surface area contributed by atoms with Crippen molar-refractivity contribution in [3.8, 4) is 5.75 Å². The first-order valence-corrected chi connectivity index (χ1v) is 5.62. The Kier molecular flexibility index (Phi) is 5.12. The van der Waals surface area contributed by atoms with Crippen molar-refractivity contribution >= 4 is 17.5 Å². The zero-order chi connectivity index (χ0) is 12.0. The van der Waals surface area contributed by atoms with Crippen LogP contribution < -0.4 is 10.1 Å². The van der Waals surface area contributed by atoms with E-state index in [-0.39, 0.29) is 5.91 Å². The molecule has 16 heavy (non-hydrogen) atoms. The van der Waals surface area contributed by atoms with Gasteiger partial charge in [0.2, 0.25) is 5.91 Å². The number of halogens is 1. The van der Waals surface area contributed by atoms with E-state index in [1.165, 1.54) is 0 Å². The maximum Gasteiger partial charge on any atom is 0.237 e. The van der Waals surface area contributed by atoms with Gasteiger partial charge in [0.1, 0.15) is 11.1 Å². The maximum absolute atomic E-state index is 11.2. The van der Waals surface area contributed by atoms with Gasteiger partial charge in [0.25, 0.3) is 0 Å². The number of benzene rings is 1. The van der Waals surface area contributed by atoms with Crippen LogP contribution in [0.25, 0.3) is 0 Å². The second kappa shape index (κ2) is 6.38. The highest BCUT2D eigenvalue weighted by atomic mass is 35.5. The highest BCUT2D eigenvalue weighted by Crippen LogP contribution is 2.12. The molecule has 1 unspecified atom stereocenters. The molecule has 0 aromatic heterocycles. The number of carbonyl (C=O) groups excluding carboxylic acids is 1. The molecule has 0 aliphatic carbocycles. The molecule has 0 saturated carbocycles. The summed E-state index contributed by atoms with van der Waals surface area (Å²) >= 11 is 5.63. The lowest BCUT2D eigenvalue weighted by Crippen LogP contribution is -2.31. The van der Waals surface area contributed by atoms with Gasteiger partial charge in [-0.05, 0) is 31.0 Å². The molecule has 0 bridgehead atoms. The molecule has 88 valence electrons. The van der Waals surface area contributed by atoms with E-state index in [2.05, 4.69) is 5.32 Å². The van der Waals surface area contributed by atoms with Gasteiger partial charge in [-0.15, -0.1) is 11.6 Å². The second-order valence-corrected chi connectivity index (χ2v) is 4.16.